The van der Waals surface area contributed by atoms with Gasteiger partial charge >= 0.3 is 0 Å². The van der Waals surface area contributed by atoms with E-state index in [4.69, 9.17) is 29.0 Å². The molecular weight excluding hydrogens is 483 g/mol. The predicted molar refractivity (Wildman–Crippen MR) is 133 cm³/mol. The van der Waals surface area contributed by atoms with E-state index in [1.807, 2.05) is 24.3 Å². The zero-order valence-electron chi connectivity index (χ0n) is 17.9. The zero-order valence-corrected chi connectivity index (χ0v) is 20.2. The lowest BCUT2D eigenvalue weighted by Crippen LogP contribution is -2.32. The first kappa shape index (κ1) is 24.0. The number of nitrogen functional groups attached to an aromatic ring is 1. The molecule has 0 radical (unpaired) electrons. The number of rotatable bonds is 8. The summed E-state index contributed by atoms with van der Waals surface area (Å²) in [4.78, 5) is 9.11. The van der Waals surface area contributed by atoms with Gasteiger partial charge in [-0.1, -0.05) is 35.3 Å². The van der Waals surface area contributed by atoms with E-state index in [0.717, 1.165) is 43.1 Å². The molecular formula is C22H26Cl2N6O2S. The van der Waals surface area contributed by atoms with Crippen LogP contribution in [-0.2, 0) is 10.0 Å². The van der Waals surface area contributed by atoms with Crippen LogP contribution in [0.5, 0.6) is 0 Å². The number of halogens is 2. The Labute approximate surface area is 203 Å². The van der Waals surface area contributed by atoms with Crippen LogP contribution in [0, 0.1) is 11.8 Å². The Bertz CT molecular complexity index is 1210. The number of nitrogens with two attached hydrogens (primary N) is 1. The summed E-state index contributed by atoms with van der Waals surface area (Å²) < 4.78 is 27.9. The molecule has 4 rings (SSSR count). The molecule has 8 nitrogen and oxygen atoms in total. The molecule has 176 valence electrons. The standard InChI is InChI=1S/C22H26Cl2N6O2S/c23-16-9-17(24)11-18(10-16)33(31,32)27-13-15-7-5-14(6-8-15)12-26-22-28-20-4-2-1-3-19(20)21(29-22)30-25/h1-4,9-11,14-15,27H,5-8,12-13,25H2,(H2,26,28,29,30). The lowest BCUT2D eigenvalue weighted by molar-refractivity contribution is 0.284. The van der Waals surface area contributed by atoms with Gasteiger partial charge in [-0.05, 0) is 67.9 Å². The van der Waals surface area contributed by atoms with Crippen molar-refractivity contribution >= 4 is 55.9 Å². The highest BCUT2D eigenvalue weighted by atomic mass is 35.5. The van der Waals surface area contributed by atoms with Gasteiger partial charge in [0.1, 0.15) is 0 Å². The summed E-state index contributed by atoms with van der Waals surface area (Å²) in [6, 6.07) is 12.0. The number of nitrogens with zero attached hydrogens (tertiary/aromatic N) is 2. The van der Waals surface area contributed by atoms with Crippen molar-refractivity contribution in [2.45, 2.75) is 30.6 Å². The molecule has 0 aliphatic heterocycles. The first-order chi connectivity index (χ1) is 15.8. The van der Waals surface area contributed by atoms with Gasteiger partial charge in [-0.3, -0.25) is 0 Å². The molecule has 1 aromatic heterocycles. The molecule has 3 aromatic rings. The third kappa shape index (κ3) is 6.04. The number of nitrogens with one attached hydrogen (secondary N) is 3. The molecule has 0 amide bonds. The van der Waals surface area contributed by atoms with Crippen LogP contribution in [0.3, 0.4) is 0 Å². The molecule has 0 saturated heterocycles. The van der Waals surface area contributed by atoms with Crippen LogP contribution in [-0.4, -0.2) is 31.5 Å². The maximum Gasteiger partial charge on any atom is 0.240 e. The van der Waals surface area contributed by atoms with E-state index < -0.39 is 10.0 Å². The fourth-order valence-electron chi connectivity index (χ4n) is 4.14. The first-order valence-corrected chi connectivity index (χ1v) is 13.0. The number of fused-ring (bicyclic) bond motifs is 1. The molecule has 1 aliphatic carbocycles. The number of para-hydroxylation sites is 1. The SMILES string of the molecule is NNc1nc(NCC2CCC(CNS(=O)(=O)c3cc(Cl)cc(Cl)c3)CC2)nc2ccccc12. The smallest absolute Gasteiger partial charge is 0.240 e. The Balaban J connectivity index is 1.28. The van der Waals surface area contributed by atoms with E-state index in [-0.39, 0.29) is 10.8 Å². The second kappa shape index (κ2) is 10.4. The van der Waals surface area contributed by atoms with Crippen LogP contribution in [0.2, 0.25) is 10.0 Å². The number of hydrogen-bond acceptors (Lipinski definition) is 7. The Morgan fingerprint density at radius 3 is 2.24 bits per heavy atom. The Morgan fingerprint density at radius 2 is 1.58 bits per heavy atom. The molecule has 2 aromatic carbocycles. The maximum atomic E-state index is 12.6. The van der Waals surface area contributed by atoms with Crippen molar-refractivity contribution in [3.63, 3.8) is 0 Å². The van der Waals surface area contributed by atoms with Crippen LogP contribution < -0.4 is 21.3 Å². The van der Waals surface area contributed by atoms with E-state index >= 15 is 0 Å². The van der Waals surface area contributed by atoms with Gasteiger partial charge in [-0.25, -0.2) is 24.0 Å². The molecule has 0 spiro atoms. The summed E-state index contributed by atoms with van der Waals surface area (Å²) in [5, 5.41) is 4.78. The molecule has 0 unspecified atom stereocenters. The van der Waals surface area contributed by atoms with E-state index in [1.54, 1.807) is 0 Å². The molecule has 0 atom stereocenters. The van der Waals surface area contributed by atoms with Gasteiger partial charge in [0.05, 0.1) is 10.4 Å². The Morgan fingerprint density at radius 1 is 0.939 bits per heavy atom. The largest absolute Gasteiger partial charge is 0.354 e. The van der Waals surface area contributed by atoms with Crippen LogP contribution in [0.1, 0.15) is 25.7 Å². The molecule has 1 heterocycles. The highest BCUT2D eigenvalue weighted by Gasteiger charge is 2.24. The van der Waals surface area contributed by atoms with Crippen LogP contribution in [0.15, 0.2) is 47.4 Å². The molecule has 5 N–H and O–H groups in total. The van der Waals surface area contributed by atoms with Gasteiger partial charge in [0.2, 0.25) is 16.0 Å². The van der Waals surface area contributed by atoms with Gasteiger partial charge in [-0.2, -0.15) is 4.98 Å². The fourth-order valence-corrected chi connectivity index (χ4v) is 5.98. The quantitative estimate of drug-likeness (QED) is 0.262. The van der Waals surface area contributed by atoms with E-state index in [1.165, 1.54) is 18.2 Å². The lowest BCUT2D eigenvalue weighted by atomic mass is 9.82. The summed E-state index contributed by atoms with van der Waals surface area (Å²) in [6.45, 7) is 1.15. The molecule has 1 fully saturated rings. The normalized spacial score (nSPS) is 18.9. The first-order valence-electron chi connectivity index (χ1n) is 10.8. The molecule has 33 heavy (non-hydrogen) atoms. The van der Waals surface area contributed by atoms with Crippen molar-refractivity contribution in [1.29, 1.82) is 0 Å². The number of aromatic nitrogens is 2. The summed E-state index contributed by atoms with van der Waals surface area (Å²) >= 11 is 11.9. The number of benzene rings is 2. The predicted octanol–water partition coefficient (Wildman–Crippen LogP) is 4.42. The monoisotopic (exact) mass is 508 g/mol. The second-order valence-electron chi connectivity index (χ2n) is 8.28. The maximum absolute atomic E-state index is 12.6. The van der Waals surface area contributed by atoms with Gasteiger partial charge in [0.15, 0.2) is 5.82 Å². The van der Waals surface area contributed by atoms with Crippen molar-refractivity contribution in [3.8, 4) is 0 Å². The zero-order chi connectivity index (χ0) is 23.4. The minimum Gasteiger partial charge on any atom is -0.354 e. The molecule has 1 aliphatic rings. The number of anilines is 2. The Kier molecular flexibility index (Phi) is 7.55. The minimum absolute atomic E-state index is 0.0830. The number of hydrogen-bond donors (Lipinski definition) is 4. The van der Waals surface area contributed by atoms with Crippen molar-refractivity contribution < 1.29 is 8.42 Å². The number of hydrazine groups is 1. The fraction of sp³-hybridized carbons (Fsp3) is 0.364. The average Bonchev–Trinajstić information content (AvgIpc) is 2.81. The summed E-state index contributed by atoms with van der Waals surface area (Å²) in [7, 11) is -3.65. The number of sulfonamides is 1. The minimum atomic E-state index is -3.65. The van der Waals surface area contributed by atoms with E-state index in [0.29, 0.717) is 34.3 Å². The van der Waals surface area contributed by atoms with Crippen molar-refractivity contribution in [2.75, 3.05) is 23.8 Å². The highest BCUT2D eigenvalue weighted by Crippen LogP contribution is 2.30. The highest BCUT2D eigenvalue weighted by molar-refractivity contribution is 7.89. The van der Waals surface area contributed by atoms with Gasteiger partial charge in [0, 0.05) is 28.5 Å². The Hall–Kier alpha value is -2.17. The van der Waals surface area contributed by atoms with Crippen molar-refractivity contribution in [3.05, 3.63) is 52.5 Å². The van der Waals surface area contributed by atoms with Crippen molar-refractivity contribution in [2.24, 2.45) is 17.7 Å². The van der Waals surface area contributed by atoms with Crippen LogP contribution in [0.4, 0.5) is 11.8 Å². The van der Waals surface area contributed by atoms with Gasteiger partial charge in [0.25, 0.3) is 0 Å². The summed E-state index contributed by atoms with van der Waals surface area (Å²) in [5.41, 5.74) is 3.46. The van der Waals surface area contributed by atoms with Crippen LogP contribution >= 0.6 is 23.2 Å². The summed E-state index contributed by atoms with van der Waals surface area (Å²) in [6.07, 6.45) is 3.88. The van der Waals surface area contributed by atoms with Crippen molar-refractivity contribution in [1.82, 2.24) is 14.7 Å². The van der Waals surface area contributed by atoms with Crippen LogP contribution in [0.25, 0.3) is 10.9 Å². The van der Waals surface area contributed by atoms with Gasteiger partial charge in [-0.15, -0.1) is 0 Å². The molecule has 11 heteroatoms. The molecule has 1 saturated carbocycles. The topological polar surface area (TPSA) is 122 Å². The summed E-state index contributed by atoms with van der Waals surface area (Å²) in [5.74, 6) is 7.50. The third-order valence-electron chi connectivity index (χ3n) is 5.96. The molecule has 0 bridgehead atoms. The average molecular weight is 509 g/mol. The van der Waals surface area contributed by atoms with Gasteiger partial charge < -0.3 is 10.7 Å². The second-order valence-corrected chi connectivity index (χ2v) is 10.9. The van der Waals surface area contributed by atoms with E-state index in [2.05, 4.69) is 25.4 Å². The third-order valence-corrected chi connectivity index (χ3v) is 7.80. The lowest BCUT2D eigenvalue weighted by Gasteiger charge is -2.28. The van der Waals surface area contributed by atoms with E-state index in [9.17, 15) is 8.42 Å².